The lowest BCUT2D eigenvalue weighted by Crippen LogP contribution is -2.30. The fraction of sp³-hybridized carbons (Fsp3) is 0.130. The van der Waals surface area contributed by atoms with E-state index in [-0.39, 0.29) is 17.9 Å². The molecule has 2 aromatic heterocycles. The minimum absolute atomic E-state index is 0.240. The number of hydrazine groups is 1. The van der Waals surface area contributed by atoms with Crippen LogP contribution in [0.25, 0.3) is 5.65 Å². The normalized spacial score (nSPS) is 11.4. The first-order valence-electron chi connectivity index (χ1n) is 9.69. The molecule has 4 rings (SSSR count). The van der Waals surface area contributed by atoms with Crippen LogP contribution in [-0.4, -0.2) is 15.3 Å². The topological polar surface area (TPSA) is 67.7 Å². The van der Waals surface area contributed by atoms with E-state index in [9.17, 15) is 18.0 Å². The van der Waals surface area contributed by atoms with E-state index in [1.54, 1.807) is 12.1 Å². The summed E-state index contributed by atoms with van der Waals surface area (Å²) in [4.78, 5) is 16.8. The molecule has 2 aromatic carbocycles. The molecule has 0 aliphatic heterocycles. The van der Waals surface area contributed by atoms with Gasteiger partial charge in [-0.3, -0.25) is 15.6 Å². The summed E-state index contributed by atoms with van der Waals surface area (Å²) in [5.74, 6) is -0.0468. The molecule has 0 aliphatic rings. The van der Waals surface area contributed by atoms with E-state index in [1.165, 1.54) is 30.3 Å². The molecule has 6 nitrogen and oxygen atoms in total. The van der Waals surface area contributed by atoms with Gasteiger partial charge in [-0.05, 0) is 55.0 Å². The van der Waals surface area contributed by atoms with Crippen molar-refractivity contribution >= 4 is 17.2 Å². The third-order valence-electron chi connectivity index (χ3n) is 4.70. The van der Waals surface area contributed by atoms with E-state index < -0.39 is 17.6 Å². The zero-order chi connectivity index (χ0) is 22.7. The van der Waals surface area contributed by atoms with Crippen molar-refractivity contribution in [3.8, 4) is 5.75 Å². The van der Waals surface area contributed by atoms with Crippen LogP contribution in [-0.2, 0) is 12.8 Å². The summed E-state index contributed by atoms with van der Waals surface area (Å²) < 4.78 is 46.8. The minimum Gasteiger partial charge on any atom is -0.487 e. The maximum absolute atomic E-state index is 13.0. The molecule has 0 aliphatic carbocycles. The molecule has 0 radical (unpaired) electrons. The second kappa shape index (κ2) is 8.62. The number of amides is 1. The fourth-order valence-electron chi connectivity index (χ4n) is 3.12. The average molecular weight is 440 g/mol. The van der Waals surface area contributed by atoms with E-state index in [0.717, 1.165) is 23.0 Å². The first-order chi connectivity index (χ1) is 15.3. The van der Waals surface area contributed by atoms with Crippen LogP contribution in [0.3, 0.4) is 0 Å². The molecule has 0 fully saturated rings. The molecule has 2 heterocycles. The smallest absolute Gasteiger partial charge is 0.418 e. The van der Waals surface area contributed by atoms with Crippen LogP contribution < -0.4 is 15.6 Å². The summed E-state index contributed by atoms with van der Waals surface area (Å²) in [6.45, 7) is 2.25. The number of rotatable bonds is 6. The number of hydrogen-bond donors (Lipinski definition) is 2. The Hall–Kier alpha value is -4.01. The van der Waals surface area contributed by atoms with Crippen LogP contribution in [0.2, 0.25) is 0 Å². The van der Waals surface area contributed by atoms with Gasteiger partial charge in [0.1, 0.15) is 18.0 Å². The molecule has 4 aromatic rings. The summed E-state index contributed by atoms with van der Waals surface area (Å²) in [6, 6.07) is 15.1. The molecule has 0 atom stereocenters. The molecule has 1 amide bonds. The Morgan fingerprint density at radius 2 is 1.78 bits per heavy atom. The first-order valence-corrected chi connectivity index (χ1v) is 9.69. The minimum atomic E-state index is -4.53. The van der Waals surface area contributed by atoms with Crippen LogP contribution in [0, 0.1) is 6.92 Å². The number of imidazole rings is 1. The van der Waals surface area contributed by atoms with Gasteiger partial charge in [-0.2, -0.15) is 13.2 Å². The summed E-state index contributed by atoms with van der Waals surface area (Å²) in [5, 5.41) is 0. The third kappa shape index (κ3) is 4.83. The number of nitrogens with one attached hydrogen (secondary N) is 2. The highest BCUT2D eigenvalue weighted by molar-refractivity contribution is 5.95. The zero-order valence-electron chi connectivity index (χ0n) is 17.0. The van der Waals surface area contributed by atoms with Crippen molar-refractivity contribution < 1.29 is 22.7 Å². The molecule has 0 saturated heterocycles. The van der Waals surface area contributed by atoms with Gasteiger partial charge in [-0.15, -0.1) is 0 Å². The van der Waals surface area contributed by atoms with Gasteiger partial charge in [0.15, 0.2) is 0 Å². The predicted octanol–water partition coefficient (Wildman–Crippen LogP) is 5.00. The number of carbonyl (C=O) groups is 1. The maximum Gasteiger partial charge on any atom is 0.418 e. The number of nitrogens with zero attached hydrogens (tertiary/aromatic N) is 2. The molecule has 164 valence electrons. The molecule has 9 heteroatoms. The summed E-state index contributed by atoms with van der Waals surface area (Å²) in [6.07, 6.45) is -0.679. The summed E-state index contributed by atoms with van der Waals surface area (Å²) in [7, 11) is 0. The van der Waals surface area contributed by atoms with Gasteiger partial charge in [0.2, 0.25) is 0 Å². The van der Waals surface area contributed by atoms with Gasteiger partial charge < -0.3 is 9.14 Å². The highest BCUT2D eigenvalue weighted by Crippen LogP contribution is 2.34. The van der Waals surface area contributed by atoms with Gasteiger partial charge >= 0.3 is 6.18 Å². The molecule has 0 bridgehead atoms. The standard InChI is InChI=1S/C23H19F3N4O2/c1-15-6-11-21-27-17(13-30(21)12-15)14-32-18-9-7-16(8-10-18)22(31)29-28-20-5-3-2-4-19(20)23(24,25)26/h2-13,28H,14H2,1H3,(H,29,31). The van der Waals surface area contributed by atoms with E-state index >= 15 is 0 Å². The van der Waals surface area contributed by atoms with Crippen LogP contribution in [0.4, 0.5) is 18.9 Å². The van der Waals surface area contributed by atoms with Crippen LogP contribution in [0.15, 0.2) is 73.1 Å². The number of aryl methyl sites for hydroxylation is 1. The highest BCUT2D eigenvalue weighted by atomic mass is 19.4. The Bertz CT molecular complexity index is 1250. The molecule has 2 N–H and O–H groups in total. The SMILES string of the molecule is Cc1ccc2nc(COc3ccc(C(=O)NNc4ccccc4C(F)(F)F)cc3)cn2c1. The van der Waals surface area contributed by atoms with Gasteiger partial charge in [-0.25, -0.2) is 4.98 Å². The first kappa shape index (κ1) is 21.2. The Labute approximate surface area is 181 Å². The number of aromatic nitrogens is 2. The maximum atomic E-state index is 13.0. The molecule has 0 spiro atoms. The molecule has 0 saturated carbocycles. The largest absolute Gasteiger partial charge is 0.487 e. The van der Waals surface area contributed by atoms with Crippen molar-refractivity contribution in [3.63, 3.8) is 0 Å². The number of para-hydroxylation sites is 1. The van der Waals surface area contributed by atoms with E-state index in [2.05, 4.69) is 15.8 Å². The number of halogens is 3. The Kier molecular flexibility index (Phi) is 5.72. The quantitative estimate of drug-likeness (QED) is 0.414. The number of ether oxygens (including phenoxy) is 1. The van der Waals surface area contributed by atoms with Crippen molar-refractivity contribution in [2.24, 2.45) is 0 Å². The van der Waals surface area contributed by atoms with Crippen molar-refractivity contribution in [2.75, 3.05) is 5.43 Å². The Morgan fingerprint density at radius 3 is 2.53 bits per heavy atom. The zero-order valence-corrected chi connectivity index (χ0v) is 17.0. The number of benzene rings is 2. The van der Waals surface area contributed by atoms with Crippen LogP contribution in [0.5, 0.6) is 5.75 Å². The molecular weight excluding hydrogens is 421 g/mol. The van der Waals surface area contributed by atoms with Crippen molar-refractivity contribution in [2.45, 2.75) is 19.7 Å². The van der Waals surface area contributed by atoms with Crippen molar-refractivity contribution in [3.05, 3.63) is 95.4 Å². The van der Waals surface area contributed by atoms with Gasteiger partial charge in [0.05, 0.1) is 16.9 Å². The van der Waals surface area contributed by atoms with Crippen LogP contribution in [0.1, 0.15) is 27.2 Å². The van der Waals surface area contributed by atoms with E-state index in [1.807, 2.05) is 35.9 Å². The number of fused-ring (bicyclic) bond motifs is 1. The van der Waals surface area contributed by atoms with E-state index in [0.29, 0.717) is 5.75 Å². The second-order valence-corrected chi connectivity index (χ2v) is 7.14. The number of pyridine rings is 1. The van der Waals surface area contributed by atoms with E-state index in [4.69, 9.17) is 4.74 Å². The molecule has 0 unspecified atom stereocenters. The lowest BCUT2D eigenvalue weighted by Gasteiger charge is -2.15. The number of alkyl halides is 3. The van der Waals surface area contributed by atoms with Crippen molar-refractivity contribution in [1.29, 1.82) is 0 Å². The highest BCUT2D eigenvalue weighted by Gasteiger charge is 2.33. The summed E-state index contributed by atoms with van der Waals surface area (Å²) in [5.41, 5.74) is 6.46. The van der Waals surface area contributed by atoms with Crippen molar-refractivity contribution in [1.82, 2.24) is 14.8 Å². The monoisotopic (exact) mass is 440 g/mol. The second-order valence-electron chi connectivity index (χ2n) is 7.14. The fourth-order valence-corrected chi connectivity index (χ4v) is 3.12. The van der Waals surface area contributed by atoms with Gasteiger partial charge in [0.25, 0.3) is 5.91 Å². The predicted molar refractivity (Wildman–Crippen MR) is 113 cm³/mol. The summed E-state index contributed by atoms with van der Waals surface area (Å²) >= 11 is 0. The Balaban J connectivity index is 1.35. The Morgan fingerprint density at radius 1 is 1.03 bits per heavy atom. The number of hydrogen-bond acceptors (Lipinski definition) is 4. The average Bonchev–Trinajstić information content (AvgIpc) is 3.18. The molecule has 32 heavy (non-hydrogen) atoms. The third-order valence-corrected chi connectivity index (χ3v) is 4.70. The van der Waals surface area contributed by atoms with Gasteiger partial charge in [-0.1, -0.05) is 18.2 Å². The van der Waals surface area contributed by atoms with Crippen LogP contribution >= 0.6 is 0 Å². The molecular formula is C23H19F3N4O2. The van der Waals surface area contributed by atoms with Gasteiger partial charge in [0, 0.05) is 18.0 Å². The lowest BCUT2D eigenvalue weighted by molar-refractivity contribution is -0.137. The number of carbonyl (C=O) groups excluding carboxylic acids is 1. The number of anilines is 1. The lowest BCUT2D eigenvalue weighted by atomic mass is 10.2.